The molecule has 0 aliphatic rings. The second-order valence-electron chi connectivity index (χ2n) is 3.74. The zero-order chi connectivity index (χ0) is 13.5. The van der Waals surface area contributed by atoms with Gasteiger partial charge in [-0.15, -0.1) is 12.3 Å². The van der Waals surface area contributed by atoms with Crippen LogP contribution < -0.4 is 5.73 Å². The summed E-state index contributed by atoms with van der Waals surface area (Å²) in [6.07, 6.45) is 1.70. The molecular formula is C11H17F3N2O. The number of hydrogen-bond donors (Lipinski definition) is 1. The summed E-state index contributed by atoms with van der Waals surface area (Å²) in [5, 5.41) is 0. The minimum Gasteiger partial charge on any atom is -0.332 e. The average Bonchev–Trinajstić information content (AvgIpc) is 2.22. The zero-order valence-electron chi connectivity index (χ0n) is 9.76. The van der Waals surface area contributed by atoms with Crippen molar-refractivity contribution in [3.05, 3.63) is 0 Å². The molecule has 98 valence electrons. The number of halogens is 3. The summed E-state index contributed by atoms with van der Waals surface area (Å²) in [5.41, 5.74) is 5.42. The van der Waals surface area contributed by atoms with Crippen LogP contribution in [0.1, 0.15) is 26.2 Å². The molecule has 0 spiro atoms. The van der Waals surface area contributed by atoms with Crippen LogP contribution >= 0.6 is 0 Å². The van der Waals surface area contributed by atoms with E-state index >= 15 is 0 Å². The maximum Gasteiger partial charge on any atom is 0.406 e. The molecule has 0 aromatic heterocycles. The first kappa shape index (κ1) is 15.8. The number of terminal acetylenes is 1. The molecule has 0 aromatic rings. The highest BCUT2D eigenvalue weighted by atomic mass is 19.4. The SMILES string of the molecule is C#CCC(N)C(=O)N(CCCC)CC(F)(F)F. The van der Waals surface area contributed by atoms with Crippen LogP contribution in [0.5, 0.6) is 0 Å². The van der Waals surface area contributed by atoms with Crippen molar-refractivity contribution in [1.29, 1.82) is 0 Å². The van der Waals surface area contributed by atoms with Gasteiger partial charge in [0.2, 0.25) is 5.91 Å². The fraction of sp³-hybridized carbons (Fsp3) is 0.727. The maximum absolute atomic E-state index is 12.3. The monoisotopic (exact) mass is 250 g/mol. The Morgan fingerprint density at radius 3 is 2.53 bits per heavy atom. The smallest absolute Gasteiger partial charge is 0.332 e. The molecule has 1 atom stereocenters. The Morgan fingerprint density at radius 1 is 1.53 bits per heavy atom. The van der Waals surface area contributed by atoms with E-state index in [9.17, 15) is 18.0 Å². The van der Waals surface area contributed by atoms with Crippen LogP contribution in [0.25, 0.3) is 0 Å². The molecule has 0 aliphatic carbocycles. The van der Waals surface area contributed by atoms with Crippen LogP contribution in [0, 0.1) is 12.3 Å². The zero-order valence-corrected chi connectivity index (χ0v) is 9.76. The van der Waals surface area contributed by atoms with Crippen LogP contribution in [-0.2, 0) is 4.79 Å². The van der Waals surface area contributed by atoms with Crippen molar-refractivity contribution in [2.24, 2.45) is 5.73 Å². The molecule has 0 rings (SSSR count). The summed E-state index contributed by atoms with van der Waals surface area (Å²) in [7, 11) is 0. The maximum atomic E-state index is 12.3. The lowest BCUT2D eigenvalue weighted by molar-refractivity contribution is -0.162. The van der Waals surface area contributed by atoms with Gasteiger partial charge in [-0.3, -0.25) is 4.79 Å². The third-order valence-corrected chi connectivity index (χ3v) is 2.12. The Morgan fingerprint density at radius 2 is 2.12 bits per heavy atom. The summed E-state index contributed by atoms with van der Waals surface area (Å²) in [4.78, 5) is 12.3. The Balaban J connectivity index is 4.56. The second-order valence-corrected chi connectivity index (χ2v) is 3.74. The summed E-state index contributed by atoms with van der Waals surface area (Å²) < 4.78 is 36.8. The van der Waals surface area contributed by atoms with E-state index < -0.39 is 24.7 Å². The Labute approximate surface area is 99.1 Å². The topological polar surface area (TPSA) is 46.3 Å². The number of carbonyl (C=O) groups is 1. The van der Waals surface area contributed by atoms with Gasteiger partial charge in [0.25, 0.3) is 0 Å². The fourth-order valence-electron chi connectivity index (χ4n) is 1.28. The molecule has 1 amide bonds. The van der Waals surface area contributed by atoms with Gasteiger partial charge in [-0.05, 0) is 6.42 Å². The van der Waals surface area contributed by atoms with Crippen molar-refractivity contribution < 1.29 is 18.0 Å². The molecule has 17 heavy (non-hydrogen) atoms. The van der Waals surface area contributed by atoms with E-state index in [0.29, 0.717) is 12.8 Å². The van der Waals surface area contributed by atoms with E-state index in [1.54, 1.807) is 0 Å². The number of nitrogens with two attached hydrogens (primary N) is 1. The second kappa shape index (κ2) is 7.17. The Bertz CT molecular complexity index is 283. The summed E-state index contributed by atoms with van der Waals surface area (Å²) >= 11 is 0. The number of rotatable bonds is 6. The molecule has 0 heterocycles. The summed E-state index contributed by atoms with van der Waals surface area (Å²) in [6.45, 7) is 0.606. The van der Waals surface area contributed by atoms with Crippen LogP contribution in [-0.4, -0.2) is 36.1 Å². The summed E-state index contributed by atoms with van der Waals surface area (Å²) in [5.74, 6) is 1.43. The van der Waals surface area contributed by atoms with Crippen LogP contribution in [0.4, 0.5) is 13.2 Å². The lowest BCUT2D eigenvalue weighted by atomic mass is 10.2. The molecule has 0 radical (unpaired) electrons. The van der Waals surface area contributed by atoms with Crippen molar-refractivity contribution in [3.8, 4) is 12.3 Å². The van der Waals surface area contributed by atoms with Crippen molar-refractivity contribution in [3.63, 3.8) is 0 Å². The molecule has 6 heteroatoms. The third-order valence-electron chi connectivity index (χ3n) is 2.12. The van der Waals surface area contributed by atoms with Gasteiger partial charge in [0, 0.05) is 13.0 Å². The predicted molar refractivity (Wildman–Crippen MR) is 59.0 cm³/mol. The average molecular weight is 250 g/mol. The number of carbonyl (C=O) groups excluding carboxylic acids is 1. The minimum atomic E-state index is -4.42. The highest BCUT2D eigenvalue weighted by molar-refractivity contribution is 5.82. The number of nitrogens with zero attached hydrogens (tertiary/aromatic N) is 1. The normalized spacial score (nSPS) is 12.9. The first-order chi connectivity index (χ1) is 7.81. The largest absolute Gasteiger partial charge is 0.406 e. The van der Waals surface area contributed by atoms with E-state index in [1.807, 2.05) is 6.92 Å². The van der Waals surface area contributed by atoms with Crippen molar-refractivity contribution in [1.82, 2.24) is 4.90 Å². The third kappa shape index (κ3) is 6.84. The molecule has 0 bridgehead atoms. The molecule has 3 nitrogen and oxygen atoms in total. The van der Waals surface area contributed by atoms with Gasteiger partial charge in [-0.2, -0.15) is 13.2 Å². The van der Waals surface area contributed by atoms with Crippen molar-refractivity contribution in [2.45, 2.75) is 38.4 Å². The van der Waals surface area contributed by atoms with Gasteiger partial charge in [0.05, 0.1) is 6.04 Å². The van der Waals surface area contributed by atoms with Gasteiger partial charge in [0.15, 0.2) is 0 Å². The molecular weight excluding hydrogens is 233 g/mol. The minimum absolute atomic E-state index is 0.0487. The lowest BCUT2D eigenvalue weighted by Crippen LogP contribution is -2.47. The standard InChI is InChI=1S/C11H17F3N2O/c1-3-5-7-16(8-11(12,13)14)10(17)9(15)6-4-2/h2,9H,3,5-8,15H2,1H3. The molecule has 0 aromatic carbocycles. The number of unbranched alkanes of at least 4 members (excludes halogenated alkanes) is 1. The van der Waals surface area contributed by atoms with E-state index in [1.165, 1.54) is 0 Å². The van der Waals surface area contributed by atoms with Crippen LogP contribution in [0.3, 0.4) is 0 Å². The van der Waals surface area contributed by atoms with Gasteiger partial charge in [-0.25, -0.2) is 0 Å². The Hall–Kier alpha value is -1.22. The van der Waals surface area contributed by atoms with E-state index in [2.05, 4.69) is 5.92 Å². The number of amides is 1. The summed E-state index contributed by atoms with van der Waals surface area (Å²) in [6, 6.07) is -1.06. The van der Waals surface area contributed by atoms with Crippen molar-refractivity contribution in [2.75, 3.05) is 13.1 Å². The highest BCUT2D eigenvalue weighted by Gasteiger charge is 2.34. The number of alkyl halides is 3. The molecule has 0 saturated heterocycles. The molecule has 0 aliphatic heterocycles. The fourth-order valence-corrected chi connectivity index (χ4v) is 1.28. The quantitative estimate of drug-likeness (QED) is 0.727. The van der Waals surface area contributed by atoms with E-state index in [0.717, 1.165) is 4.90 Å². The van der Waals surface area contributed by atoms with E-state index in [4.69, 9.17) is 12.2 Å². The lowest BCUT2D eigenvalue weighted by Gasteiger charge is -2.26. The van der Waals surface area contributed by atoms with Gasteiger partial charge >= 0.3 is 6.18 Å². The van der Waals surface area contributed by atoms with Crippen LogP contribution in [0.2, 0.25) is 0 Å². The molecule has 2 N–H and O–H groups in total. The number of hydrogen-bond acceptors (Lipinski definition) is 2. The molecule has 1 unspecified atom stereocenters. The van der Waals surface area contributed by atoms with Gasteiger partial charge < -0.3 is 10.6 Å². The van der Waals surface area contributed by atoms with E-state index in [-0.39, 0.29) is 13.0 Å². The first-order valence-electron chi connectivity index (χ1n) is 5.36. The van der Waals surface area contributed by atoms with Gasteiger partial charge in [0.1, 0.15) is 6.54 Å². The molecule has 0 saturated carbocycles. The van der Waals surface area contributed by atoms with Gasteiger partial charge in [-0.1, -0.05) is 13.3 Å². The predicted octanol–water partition coefficient (Wildman–Crippen LogP) is 1.53. The molecule has 0 fully saturated rings. The first-order valence-corrected chi connectivity index (χ1v) is 5.36. The Kier molecular flexibility index (Phi) is 6.66. The van der Waals surface area contributed by atoms with Crippen molar-refractivity contribution >= 4 is 5.91 Å². The highest BCUT2D eigenvalue weighted by Crippen LogP contribution is 2.17. The van der Waals surface area contributed by atoms with Crippen LogP contribution in [0.15, 0.2) is 0 Å².